The van der Waals surface area contributed by atoms with Gasteiger partial charge >= 0.3 is 0 Å². The van der Waals surface area contributed by atoms with Gasteiger partial charge in [0.15, 0.2) is 0 Å². The number of nitrogens with one attached hydrogen (secondary N) is 1. The van der Waals surface area contributed by atoms with Crippen molar-refractivity contribution in [1.82, 2.24) is 10.3 Å². The highest BCUT2D eigenvalue weighted by molar-refractivity contribution is 7.09. The fourth-order valence-electron chi connectivity index (χ4n) is 1.64. The van der Waals surface area contributed by atoms with Gasteiger partial charge in [0, 0.05) is 11.9 Å². The molecule has 1 amide bonds. The van der Waals surface area contributed by atoms with Gasteiger partial charge < -0.3 is 15.8 Å². The number of nitrogens with two attached hydrogens (primary N) is 1. The van der Waals surface area contributed by atoms with Gasteiger partial charge in [0.05, 0.1) is 6.54 Å². The lowest BCUT2D eigenvalue weighted by Crippen LogP contribution is -2.28. The first kappa shape index (κ1) is 17.4. The molecule has 0 aliphatic carbocycles. The van der Waals surface area contributed by atoms with Crippen molar-refractivity contribution in [3.8, 4) is 5.75 Å². The van der Waals surface area contributed by atoms with Crippen LogP contribution in [0, 0.1) is 6.92 Å². The van der Waals surface area contributed by atoms with Crippen molar-refractivity contribution < 1.29 is 9.53 Å². The van der Waals surface area contributed by atoms with Crippen molar-refractivity contribution in [2.45, 2.75) is 13.5 Å². The SMILES string of the molecule is Cc1ccccc1OCCNC(=O)c1csc(CN)n1.Cl. The Morgan fingerprint density at radius 2 is 2.19 bits per heavy atom. The molecular weight excluding hydrogens is 310 g/mol. The van der Waals surface area contributed by atoms with Gasteiger partial charge in [0.1, 0.15) is 23.1 Å². The summed E-state index contributed by atoms with van der Waals surface area (Å²) in [6.45, 7) is 3.19. The van der Waals surface area contributed by atoms with E-state index in [9.17, 15) is 4.79 Å². The molecule has 0 radical (unpaired) electrons. The average molecular weight is 328 g/mol. The van der Waals surface area contributed by atoms with Crippen LogP contribution in [0.5, 0.6) is 5.75 Å². The summed E-state index contributed by atoms with van der Waals surface area (Å²) in [7, 11) is 0. The third-order valence-corrected chi connectivity index (χ3v) is 3.57. The minimum atomic E-state index is -0.200. The topological polar surface area (TPSA) is 77.2 Å². The van der Waals surface area contributed by atoms with E-state index in [2.05, 4.69) is 10.3 Å². The van der Waals surface area contributed by atoms with Crippen LogP contribution in [0.4, 0.5) is 0 Å². The second-order valence-corrected chi connectivity index (χ2v) is 5.14. The number of aryl methyl sites for hydroxylation is 1. The molecule has 0 aliphatic rings. The Morgan fingerprint density at radius 3 is 2.86 bits per heavy atom. The predicted octanol–water partition coefficient (Wildman–Crippen LogP) is 2.14. The molecule has 0 spiro atoms. The molecule has 1 aromatic carbocycles. The molecule has 1 heterocycles. The standard InChI is InChI=1S/C14H17N3O2S.ClH/c1-10-4-2-3-5-12(10)19-7-6-16-14(18)11-9-20-13(8-15)17-11;/h2-5,9H,6-8,15H2,1H3,(H,16,18);1H. The zero-order chi connectivity index (χ0) is 14.4. The highest BCUT2D eigenvalue weighted by Gasteiger charge is 2.09. The third kappa shape index (κ3) is 5.00. The molecule has 21 heavy (non-hydrogen) atoms. The Labute approximate surface area is 133 Å². The van der Waals surface area contributed by atoms with Crippen LogP contribution in [0.1, 0.15) is 21.1 Å². The molecule has 0 aliphatic heterocycles. The van der Waals surface area contributed by atoms with E-state index in [4.69, 9.17) is 10.5 Å². The minimum absolute atomic E-state index is 0. The van der Waals surface area contributed by atoms with E-state index in [0.717, 1.165) is 16.3 Å². The van der Waals surface area contributed by atoms with Crippen LogP contribution in [0.3, 0.4) is 0 Å². The number of para-hydroxylation sites is 1. The van der Waals surface area contributed by atoms with Crippen molar-refractivity contribution in [1.29, 1.82) is 0 Å². The number of hydrogen-bond donors (Lipinski definition) is 2. The van der Waals surface area contributed by atoms with Gasteiger partial charge in [0.25, 0.3) is 5.91 Å². The Balaban J connectivity index is 0.00000220. The maximum absolute atomic E-state index is 11.8. The average Bonchev–Trinajstić information content (AvgIpc) is 2.94. The van der Waals surface area contributed by atoms with Crippen LogP contribution >= 0.6 is 23.7 Å². The number of rotatable bonds is 6. The van der Waals surface area contributed by atoms with Crippen molar-refractivity contribution >= 4 is 29.7 Å². The normalized spacial score (nSPS) is 9.81. The molecule has 2 rings (SSSR count). The molecule has 7 heteroatoms. The highest BCUT2D eigenvalue weighted by Crippen LogP contribution is 2.15. The fourth-order valence-corrected chi connectivity index (χ4v) is 2.30. The fraction of sp³-hybridized carbons (Fsp3) is 0.286. The number of thiazole rings is 1. The molecule has 1 aromatic heterocycles. The number of amides is 1. The largest absolute Gasteiger partial charge is 0.491 e. The summed E-state index contributed by atoms with van der Waals surface area (Å²) in [5.74, 6) is 0.634. The lowest BCUT2D eigenvalue weighted by molar-refractivity contribution is 0.0942. The summed E-state index contributed by atoms with van der Waals surface area (Å²) < 4.78 is 5.60. The van der Waals surface area contributed by atoms with Crippen LogP contribution < -0.4 is 15.8 Å². The molecular formula is C14H18ClN3O2S. The predicted molar refractivity (Wildman–Crippen MR) is 86.3 cm³/mol. The van der Waals surface area contributed by atoms with Crippen molar-refractivity contribution in [2.24, 2.45) is 5.73 Å². The molecule has 0 fully saturated rings. The molecule has 0 atom stereocenters. The number of aromatic nitrogens is 1. The van der Waals surface area contributed by atoms with E-state index in [1.807, 2.05) is 31.2 Å². The first-order valence-corrected chi connectivity index (χ1v) is 7.19. The van der Waals surface area contributed by atoms with Gasteiger partial charge in [-0.1, -0.05) is 18.2 Å². The Morgan fingerprint density at radius 1 is 1.43 bits per heavy atom. The van der Waals surface area contributed by atoms with Gasteiger partial charge in [-0.15, -0.1) is 23.7 Å². The quantitative estimate of drug-likeness (QED) is 0.797. The summed E-state index contributed by atoms with van der Waals surface area (Å²) in [6, 6.07) is 7.77. The summed E-state index contributed by atoms with van der Waals surface area (Å²) in [4.78, 5) is 15.9. The van der Waals surface area contributed by atoms with Crippen LogP contribution in [0.15, 0.2) is 29.6 Å². The first-order chi connectivity index (χ1) is 9.70. The monoisotopic (exact) mass is 327 g/mol. The maximum Gasteiger partial charge on any atom is 0.270 e. The number of carbonyl (C=O) groups excluding carboxylic acids is 1. The number of ether oxygens (including phenoxy) is 1. The second-order valence-electron chi connectivity index (χ2n) is 4.20. The lowest BCUT2D eigenvalue weighted by atomic mass is 10.2. The van der Waals surface area contributed by atoms with Gasteiger partial charge in [-0.25, -0.2) is 4.98 Å². The second kappa shape index (κ2) is 8.61. The summed E-state index contributed by atoms with van der Waals surface area (Å²) >= 11 is 1.39. The number of halogens is 1. The number of hydrogen-bond acceptors (Lipinski definition) is 5. The van der Waals surface area contributed by atoms with Crippen LogP contribution in [0.2, 0.25) is 0 Å². The Bertz CT molecular complexity index is 589. The van der Waals surface area contributed by atoms with Gasteiger partial charge in [0.2, 0.25) is 0 Å². The molecule has 114 valence electrons. The van der Waals surface area contributed by atoms with Crippen molar-refractivity contribution in [3.63, 3.8) is 0 Å². The van der Waals surface area contributed by atoms with E-state index in [0.29, 0.717) is 25.4 Å². The maximum atomic E-state index is 11.8. The molecule has 0 saturated carbocycles. The van der Waals surface area contributed by atoms with Gasteiger partial charge in [-0.3, -0.25) is 4.79 Å². The van der Waals surface area contributed by atoms with Gasteiger partial charge in [-0.2, -0.15) is 0 Å². The summed E-state index contributed by atoms with van der Waals surface area (Å²) in [6.07, 6.45) is 0. The van der Waals surface area contributed by atoms with E-state index in [-0.39, 0.29) is 18.3 Å². The zero-order valence-electron chi connectivity index (χ0n) is 11.7. The summed E-state index contributed by atoms with van der Waals surface area (Å²) in [5.41, 5.74) is 6.94. The number of nitrogens with zero attached hydrogens (tertiary/aromatic N) is 1. The van der Waals surface area contributed by atoms with E-state index in [1.54, 1.807) is 5.38 Å². The molecule has 0 saturated heterocycles. The molecule has 2 aromatic rings. The van der Waals surface area contributed by atoms with Crippen LogP contribution in [-0.4, -0.2) is 24.0 Å². The first-order valence-electron chi connectivity index (χ1n) is 6.32. The van der Waals surface area contributed by atoms with E-state index in [1.165, 1.54) is 11.3 Å². The summed E-state index contributed by atoms with van der Waals surface area (Å²) in [5, 5.41) is 5.23. The van der Waals surface area contributed by atoms with Crippen molar-refractivity contribution in [2.75, 3.05) is 13.2 Å². The molecule has 0 unspecified atom stereocenters. The van der Waals surface area contributed by atoms with Crippen LogP contribution in [-0.2, 0) is 6.54 Å². The zero-order valence-corrected chi connectivity index (χ0v) is 13.3. The highest BCUT2D eigenvalue weighted by atomic mass is 35.5. The minimum Gasteiger partial charge on any atom is -0.491 e. The van der Waals surface area contributed by atoms with Crippen molar-refractivity contribution in [3.05, 3.63) is 45.9 Å². The molecule has 5 nitrogen and oxygen atoms in total. The number of benzene rings is 1. The van der Waals surface area contributed by atoms with Crippen LogP contribution in [0.25, 0.3) is 0 Å². The number of carbonyl (C=O) groups is 1. The lowest BCUT2D eigenvalue weighted by Gasteiger charge is -2.09. The third-order valence-electron chi connectivity index (χ3n) is 2.70. The molecule has 3 N–H and O–H groups in total. The van der Waals surface area contributed by atoms with Gasteiger partial charge in [-0.05, 0) is 18.6 Å². The Hall–Kier alpha value is -1.63. The Kier molecular flexibility index (Phi) is 7.14. The molecule has 0 bridgehead atoms. The smallest absolute Gasteiger partial charge is 0.270 e. The van der Waals surface area contributed by atoms with E-state index < -0.39 is 0 Å². The van der Waals surface area contributed by atoms with E-state index >= 15 is 0 Å².